The fourth-order valence-electron chi connectivity index (χ4n) is 1.77. The van der Waals surface area contributed by atoms with E-state index in [4.69, 9.17) is 22.2 Å². The number of hydrogen-bond acceptors (Lipinski definition) is 0. The van der Waals surface area contributed by atoms with Gasteiger partial charge in [0.05, 0.1) is 0 Å². The van der Waals surface area contributed by atoms with Crippen LogP contribution in [0.15, 0.2) is 61.2 Å². The van der Waals surface area contributed by atoms with Crippen LogP contribution in [0.1, 0.15) is 11.1 Å². The van der Waals surface area contributed by atoms with Gasteiger partial charge in [-0.05, 0) is 28.4 Å². The summed E-state index contributed by atoms with van der Waals surface area (Å²) in [6.45, 7) is 3.78. The minimum absolute atomic E-state index is 1.01. The van der Waals surface area contributed by atoms with E-state index in [0.29, 0.717) is 0 Å². The second-order valence-corrected chi connectivity index (χ2v) is 11.8. The molecule has 0 amide bonds. The van der Waals surface area contributed by atoms with Crippen molar-refractivity contribution in [2.75, 3.05) is 0 Å². The second-order valence-electron chi connectivity index (χ2n) is 4.31. The molecule has 0 saturated carbocycles. The largest absolute Gasteiger partial charge is 0.277 e. The lowest BCUT2D eigenvalue weighted by Crippen LogP contribution is -2.32. The molecule has 0 bridgehead atoms. The molecule has 0 unspecified atom stereocenters. The molecule has 0 aliphatic carbocycles. The summed E-state index contributed by atoms with van der Waals surface area (Å²) in [5, 5.41) is 1.02. The fourth-order valence-corrected chi connectivity index (χ4v) is 3.28. The fraction of sp³-hybridized carbons (Fsp3) is 0.0667. The lowest BCUT2D eigenvalue weighted by Gasteiger charge is -2.12. The summed E-state index contributed by atoms with van der Waals surface area (Å²) in [4.78, 5) is 0. The van der Waals surface area contributed by atoms with Gasteiger partial charge in [0, 0.05) is 0 Å². The van der Waals surface area contributed by atoms with Gasteiger partial charge in [0.2, 0.25) is 0 Å². The van der Waals surface area contributed by atoms with Crippen molar-refractivity contribution in [3.8, 4) is 0 Å². The smallest absolute Gasteiger partial charge is 0.140 e. The quantitative estimate of drug-likeness (QED) is 0.577. The van der Waals surface area contributed by atoms with Gasteiger partial charge in [-0.3, -0.25) is 0 Å². The molecule has 18 heavy (non-hydrogen) atoms. The van der Waals surface area contributed by atoms with Gasteiger partial charge in [-0.25, -0.2) is 0 Å². The zero-order valence-corrected chi connectivity index (χ0v) is 12.7. The third-order valence-corrected chi connectivity index (χ3v) is 5.52. The van der Waals surface area contributed by atoms with Crippen LogP contribution in [-0.4, -0.2) is 6.69 Å². The van der Waals surface area contributed by atoms with Crippen molar-refractivity contribution < 1.29 is 0 Å². The topological polar surface area (TPSA) is 0 Å². The van der Waals surface area contributed by atoms with Crippen molar-refractivity contribution in [2.45, 2.75) is 6.55 Å². The predicted molar refractivity (Wildman–Crippen MR) is 84.0 cm³/mol. The number of rotatable bonds is 3. The Hall–Kier alpha value is -1.02. The van der Waals surface area contributed by atoms with E-state index in [1.165, 1.54) is 0 Å². The average molecular weight is 293 g/mol. The third kappa shape index (κ3) is 3.05. The Labute approximate surface area is 118 Å². The average Bonchev–Trinajstić information content (AvgIpc) is 2.38. The van der Waals surface area contributed by atoms with Gasteiger partial charge in [0.15, 0.2) is 0 Å². The molecule has 92 valence electrons. The molecule has 0 spiro atoms. The monoisotopic (exact) mass is 292 g/mol. The Morgan fingerprint density at radius 2 is 1.39 bits per heavy atom. The van der Waals surface area contributed by atoms with E-state index in [1.807, 2.05) is 49.0 Å². The van der Waals surface area contributed by atoms with Crippen LogP contribution in [0.3, 0.4) is 0 Å². The molecule has 0 atom stereocenters. The summed E-state index contributed by atoms with van der Waals surface area (Å²) in [6, 6.07) is 18.2. The zero-order valence-electron chi connectivity index (χ0n) is 10.2. The minimum atomic E-state index is -2.26. The van der Waals surface area contributed by atoms with E-state index in [2.05, 4.69) is 18.7 Å². The molecule has 0 saturated heterocycles. The molecule has 2 aromatic carbocycles. The van der Waals surface area contributed by atoms with Gasteiger partial charge in [0.25, 0.3) is 6.69 Å². The Balaban J connectivity index is 2.28. The van der Waals surface area contributed by atoms with Crippen LogP contribution in [0.5, 0.6) is 0 Å². The highest BCUT2D eigenvalue weighted by molar-refractivity contribution is 7.50. The first-order valence-corrected chi connectivity index (χ1v) is 10.2. The normalized spacial score (nSPS) is 11.3. The van der Waals surface area contributed by atoms with E-state index in [1.54, 1.807) is 0 Å². The minimum Gasteiger partial charge on any atom is -0.140 e. The molecular weight excluding hydrogens is 279 g/mol. The molecular formula is C15H14Cl2Si. The molecule has 0 aromatic heterocycles. The molecule has 0 fully saturated rings. The Bertz CT molecular complexity index is 539. The Morgan fingerprint density at radius 1 is 0.889 bits per heavy atom. The zero-order chi connectivity index (χ0) is 13.2. The van der Waals surface area contributed by atoms with Crippen LogP contribution in [0.2, 0.25) is 6.55 Å². The number of benzene rings is 2. The maximum absolute atomic E-state index is 6.19. The molecule has 0 heterocycles. The molecule has 0 N–H and O–H groups in total. The van der Waals surface area contributed by atoms with Crippen molar-refractivity contribution in [3.63, 3.8) is 0 Å². The third-order valence-electron chi connectivity index (χ3n) is 2.86. The van der Waals surface area contributed by atoms with Gasteiger partial charge < -0.3 is 0 Å². The lowest BCUT2D eigenvalue weighted by atomic mass is 10.00. The molecule has 0 aliphatic heterocycles. The summed E-state index contributed by atoms with van der Waals surface area (Å²) in [5.74, 6) is 0. The van der Waals surface area contributed by atoms with E-state index < -0.39 is 6.69 Å². The van der Waals surface area contributed by atoms with Crippen LogP contribution in [0.4, 0.5) is 0 Å². The van der Waals surface area contributed by atoms with E-state index in [9.17, 15) is 0 Å². The number of hydrogen-bond donors (Lipinski definition) is 0. The highest BCUT2D eigenvalue weighted by Gasteiger charge is 2.23. The first-order valence-electron chi connectivity index (χ1n) is 5.71. The second kappa shape index (κ2) is 5.31. The van der Waals surface area contributed by atoms with Crippen LogP contribution in [0, 0.1) is 0 Å². The van der Waals surface area contributed by atoms with E-state index in [-0.39, 0.29) is 0 Å². The van der Waals surface area contributed by atoms with Crippen molar-refractivity contribution in [2.24, 2.45) is 0 Å². The SMILES string of the molecule is C=C(c1ccccc1)c1ccc([Si](C)(Cl)Cl)cc1. The summed E-state index contributed by atoms with van der Waals surface area (Å²) >= 11 is 12.4. The van der Waals surface area contributed by atoms with E-state index in [0.717, 1.165) is 21.9 Å². The molecule has 2 rings (SSSR count). The maximum Gasteiger partial charge on any atom is 0.277 e. The summed E-state index contributed by atoms with van der Waals surface area (Å²) in [6.07, 6.45) is 0. The van der Waals surface area contributed by atoms with Gasteiger partial charge in [-0.2, -0.15) is 0 Å². The van der Waals surface area contributed by atoms with Crippen molar-refractivity contribution in [3.05, 3.63) is 72.3 Å². The summed E-state index contributed by atoms with van der Waals surface area (Å²) in [5.41, 5.74) is 3.23. The Kier molecular flexibility index (Phi) is 3.96. The molecule has 0 aliphatic rings. The van der Waals surface area contributed by atoms with Gasteiger partial charge >= 0.3 is 0 Å². The molecule has 0 nitrogen and oxygen atoms in total. The van der Waals surface area contributed by atoms with Crippen LogP contribution in [0.25, 0.3) is 5.57 Å². The van der Waals surface area contributed by atoms with Crippen molar-refractivity contribution >= 4 is 39.6 Å². The highest BCUT2D eigenvalue weighted by Crippen LogP contribution is 2.21. The Morgan fingerprint density at radius 3 is 1.89 bits per heavy atom. The molecule has 0 radical (unpaired) electrons. The predicted octanol–water partition coefficient (Wildman–Crippen LogP) is 4.50. The van der Waals surface area contributed by atoms with Gasteiger partial charge in [-0.15, -0.1) is 22.2 Å². The number of halogens is 2. The van der Waals surface area contributed by atoms with Gasteiger partial charge in [0.1, 0.15) is 0 Å². The van der Waals surface area contributed by atoms with Crippen molar-refractivity contribution in [1.82, 2.24) is 0 Å². The van der Waals surface area contributed by atoms with Crippen LogP contribution in [-0.2, 0) is 0 Å². The summed E-state index contributed by atoms with van der Waals surface area (Å²) < 4.78 is 0. The summed E-state index contributed by atoms with van der Waals surface area (Å²) in [7, 11) is 0. The van der Waals surface area contributed by atoms with Crippen LogP contribution < -0.4 is 5.19 Å². The van der Waals surface area contributed by atoms with Gasteiger partial charge in [-0.1, -0.05) is 61.2 Å². The first kappa shape index (κ1) is 13.4. The highest BCUT2D eigenvalue weighted by atomic mass is 35.7. The van der Waals surface area contributed by atoms with Crippen molar-refractivity contribution in [1.29, 1.82) is 0 Å². The van der Waals surface area contributed by atoms with E-state index >= 15 is 0 Å². The standard InChI is InChI=1S/C15H14Cl2Si/c1-12(13-6-4-3-5-7-13)14-8-10-15(11-9-14)18(2,16)17/h3-11H,1H2,2H3. The lowest BCUT2D eigenvalue weighted by molar-refractivity contribution is 1.57. The molecule has 2 aromatic rings. The van der Waals surface area contributed by atoms with Crippen LogP contribution >= 0.6 is 22.2 Å². The first-order chi connectivity index (χ1) is 8.48. The maximum atomic E-state index is 6.19. The molecule has 3 heteroatoms.